The predicted molar refractivity (Wildman–Crippen MR) is 37.5 cm³/mol. The number of carbonyl (C=O) groups is 1. The third-order valence-electron chi connectivity index (χ3n) is 1.23. The van der Waals surface area contributed by atoms with Gasteiger partial charge in [-0.25, -0.2) is 0 Å². The van der Waals surface area contributed by atoms with Gasteiger partial charge in [0.25, 0.3) is 0 Å². The van der Waals surface area contributed by atoms with E-state index in [1.54, 1.807) is 6.92 Å². The van der Waals surface area contributed by atoms with Gasteiger partial charge in [0.1, 0.15) is 0 Å². The van der Waals surface area contributed by atoms with E-state index in [-0.39, 0.29) is 12.1 Å². The summed E-state index contributed by atoms with van der Waals surface area (Å²) in [6, 6.07) is 0. The highest BCUT2D eigenvalue weighted by Gasteiger charge is 2.00. The Morgan fingerprint density at radius 1 is 1.70 bits per heavy atom. The van der Waals surface area contributed by atoms with Crippen LogP contribution in [0, 0.1) is 0 Å². The Bertz CT molecular complexity index is 99.0. The van der Waals surface area contributed by atoms with Gasteiger partial charge in [0.05, 0.1) is 13.2 Å². The van der Waals surface area contributed by atoms with Crippen molar-refractivity contribution in [3.05, 3.63) is 0 Å². The van der Waals surface area contributed by atoms with Gasteiger partial charge in [-0.1, -0.05) is 0 Å². The Kier molecular flexibility index (Phi) is 4.94. The van der Waals surface area contributed by atoms with Gasteiger partial charge >= 0.3 is 5.97 Å². The summed E-state index contributed by atoms with van der Waals surface area (Å²) in [6.45, 7) is 1.71. The maximum Gasteiger partial charge on any atom is 0.305 e. The van der Waals surface area contributed by atoms with Crippen molar-refractivity contribution < 1.29 is 14.6 Å². The number of esters is 1. The first-order chi connectivity index (χ1) is 4.66. The van der Waals surface area contributed by atoms with Crippen LogP contribution in [0.15, 0.2) is 0 Å². The van der Waals surface area contributed by atoms with Crippen LogP contribution in [0.25, 0.3) is 0 Å². The number of hydrogen-bond acceptors (Lipinski definition) is 3. The summed E-state index contributed by atoms with van der Waals surface area (Å²) in [6.07, 6.45) is 1.45. The molecule has 0 aromatic rings. The molecule has 0 aliphatic rings. The van der Waals surface area contributed by atoms with Gasteiger partial charge in [-0.3, -0.25) is 4.79 Å². The molecule has 0 heterocycles. The van der Waals surface area contributed by atoms with Crippen molar-refractivity contribution in [2.24, 2.45) is 0 Å². The van der Waals surface area contributed by atoms with E-state index in [1.165, 1.54) is 7.11 Å². The predicted octanol–water partition coefficient (Wildman–Crippen LogP) is 0.710. The van der Waals surface area contributed by atoms with Crippen LogP contribution >= 0.6 is 0 Å². The molecule has 0 amide bonds. The quantitative estimate of drug-likeness (QED) is 0.594. The molecule has 0 aliphatic carbocycles. The van der Waals surface area contributed by atoms with E-state index in [4.69, 9.17) is 5.11 Å². The summed E-state index contributed by atoms with van der Waals surface area (Å²) in [5.74, 6) is -0.208. The van der Waals surface area contributed by atoms with E-state index in [0.29, 0.717) is 19.3 Å². The van der Waals surface area contributed by atoms with Gasteiger partial charge in [0.2, 0.25) is 0 Å². The maximum atomic E-state index is 10.5. The van der Waals surface area contributed by atoms with Crippen molar-refractivity contribution in [3.8, 4) is 0 Å². The molecule has 0 bridgehead atoms. The molecular formula is C7H14O3. The lowest BCUT2D eigenvalue weighted by atomic mass is 10.2. The smallest absolute Gasteiger partial charge is 0.305 e. The largest absolute Gasteiger partial charge is 0.469 e. The minimum absolute atomic E-state index is 0.208. The fourth-order valence-corrected chi connectivity index (χ4v) is 0.644. The normalized spacial score (nSPS) is 12.7. The van der Waals surface area contributed by atoms with Crippen molar-refractivity contribution in [1.29, 1.82) is 0 Å². The topological polar surface area (TPSA) is 46.5 Å². The van der Waals surface area contributed by atoms with E-state index in [0.717, 1.165) is 0 Å². The molecule has 60 valence electrons. The SMILES string of the molecule is COC(=O)CCC[C@@H](C)O. The summed E-state index contributed by atoms with van der Waals surface area (Å²) in [7, 11) is 1.37. The second-order valence-electron chi connectivity index (χ2n) is 2.32. The van der Waals surface area contributed by atoms with Crippen molar-refractivity contribution in [2.75, 3.05) is 7.11 Å². The van der Waals surface area contributed by atoms with Crippen LogP contribution < -0.4 is 0 Å². The van der Waals surface area contributed by atoms with Gasteiger partial charge in [0, 0.05) is 6.42 Å². The fourth-order valence-electron chi connectivity index (χ4n) is 0.644. The number of aliphatic hydroxyl groups is 1. The van der Waals surface area contributed by atoms with Crippen LogP contribution in [-0.2, 0) is 9.53 Å². The van der Waals surface area contributed by atoms with Crippen molar-refractivity contribution >= 4 is 5.97 Å². The third kappa shape index (κ3) is 5.56. The minimum atomic E-state index is -0.315. The Balaban J connectivity index is 3.12. The highest BCUT2D eigenvalue weighted by atomic mass is 16.5. The van der Waals surface area contributed by atoms with Crippen molar-refractivity contribution in [2.45, 2.75) is 32.3 Å². The average Bonchev–Trinajstić information content (AvgIpc) is 1.87. The highest BCUT2D eigenvalue weighted by molar-refractivity contribution is 5.68. The molecule has 3 heteroatoms. The second-order valence-corrected chi connectivity index (χ2v) is 2.32. The Morgan fingerprint density at radius 2 is 2.30 bits per heavy atom. The first-order valence-corrected chi connectivity index (χ1v) is 3.41. The molecule has 3 nitrogen and oxygen atoms in total. The van der Waals surface area contributed by atoms with E-state index >= 15 is 0 Å². The van der Waals surface area contributed by atoms with Crippen LogP contribution in [-0.4, -0.2) is 24.3 Å². The van der Waals surface area contributed by atoms with Crippen LogP contribution in [0.3, 0.4) is 0 Å². The van der Waals surface area contributed by atoms with Crippen molar-refractivity contribution in [3.63, 3.8) is 0 Å². The molecule has 0 saturated heterocycles. The molecular weight excluding hydrogens is 132 g/mol. The molecule has 1 atom stereocenters. The van der Waals surface area contributed by atoms with E-state index in [2.05, 4.69) is 4.74 Å². The number of hydrogen-bond donors (Lipinski definition) is 1. The number of ether oxygens (including phenoxy) is 1. The zero-order chi connectivity index (χ0) is 7.98. The molecule has 0 saturated carbocycles. The molecule has 0 aliphatic heterocycles. The molecule has 0 aromatic carbocycles. The lowest BCUT2D eigenvalue weighted by molar-refractivity contribution is -0.140. The number of methoxy groups -OCH3 is 1. The standard InChI is InChI=1S/C7H14O3/c1-6(8)4-3-5-7(9)10-2/h6,8H,3-5H2,1-2H3/t6-/m1/s1. The van der Waals surface area contributed by atoms with Crippen molar-refractivity contribution in [1.82, 2.24) is 0 Å². The number of carbonyl (C=O) groups excluding carboxylic acids is 1. The van der Waals surface area contributed by atoms with Crippen LogP contribution in [0.5, 0.6) is 0 Å². The highest BCUT2D eigenvalue weighted by Crippen LogP contribution is 2.00. The minimum Gasteiger partial charge on any atom is -0.469 e. The molecule has 0 spiro atoms. The summed E-state index contributed by atoms with van der Waals surface area (Å²) >= 11 is 0. The Labute approximate surface area is 61.0 Å². The monoisotopic (exact) mass is 146 g/mol. The second kappa shape index (κ2) is 5.23. The molecule has 0 radical (unpaired) electrons. The van der Waals surface area contributed by atoms with Crippen LogP contribution in [0.2, 0.25) is 0 Å². The van der Waals surface area contributed by atoms with Gasteiger partial charge < -0.3 is 9.84 Å². The summed E-state index contributed by atoms with van der Waals surface area (Å²) in [5, 5.41) is 8.79. The fraction of sp³-hybridized carbons (Fsp3) is 0.857. The number of aliphatic hydroxyl groups excluding tert-OH is 1. The molecule has 0 rings (SSSR count). The molecule has 10 heavy (non-hydrogen) atoms. The summed E-state index contributed by atoms with van der Waals surface area (Å²) < 4.78 is 4.41. The Hall–Kier alpha value is -0.570. The Morgan fingerprint density at radius 3 is 2.70 bits per heavy atom. The van der Waals surface area contributed by atoms with E-state index in [9.17, 15) is 4.79 Å². The van der Waals surface area contributed by atoms with Gasteiger partial charge in [-0.2, -0.15) is 0 Å². The van der Waals surface area contributed by atoms with E-state index < -0.39 is 0 Å². The maximum absolute atomic E-state index is 10.5. The third-order valence-corrected chi connectivity index (χ3v) is 1.23. The lowest BCUT2D eigenvalue weighted by Gasteiger charge is -2.01. The zero-order valence-corrected chi connectivity index (χ0v) is 6.46. The van der Waals surface area contributed by atoms with Gasteiger partial charge in [-0.05, 0) is 19.8 Å². The first-order valence-electron chi connectivity index (χ1n) is 3.41. The molecule has 0 fully saturated rings. The molecule has 1 N–H and O–H groups in total. The van der Waals surface area contributed by atoms with Crippen LogP contribution in [0.4, 0.5) is 0 Å². The number of rotatable bonds is 4. The van der Waals surface area contributed by atoms with E-state index in [1.807, 2.05) is 0 Å². The molecule has 0 aromatic heterocycles. The summed E-state index contributed by atoms with van der Waals surface area (Å²) in [5.41, 5.74) is 0. The van der Waals surface area contributed by atoms with Crippen LogP contribution in [0.1, 0.15) is 26.2 Å². The first kappa shape index (κ1) is 9.43. The zero-order valence-electron chi connectivity index (χ0n) is 6.46. The molecule has 0 unspecified atom stereocenters. The van der Waals surface area contributed by atoms with Gasteiger partial charge in [-0.15, -0.1) is 0 Å². The lowest BCUT2D eigenvalue weighted by Crippen LogP contribution is -2.03. The summed E-state index contributed by atoms with van der Waals surface area (Å²) in [4.78, 5) is 10.5. The average molecular weight is 146 g/mol. The van der Waals surface area contributed by atoms with Gasteiger partial charge in [0.15, 0.2) is 0 Å².